The van der Waals surface area contributed by atoms with E-state index in [2.05, 4.69) is 21.2 Å². The molecule has 9 heteroatoms. The van der Waals surface area contributed by atoms with Crippen molar-refractivity contribution < 1.29 is 23.9 Å². The lowest BCUT2D eigenvalue weighted by Gasteiger charge is -2.09. The van der Waals surface area contributed by atoms with Crippen LogP contribution in [0.25, 0.3) is 0 Å². The molecule has 2 rings (SSSR count). The summed E-state index contributed by atoms with van der Waals surface area (Å²) in [5.74, 6) is -0.884. The molecule has 0 aliphatic rings. The van der Waals surface area contributed by atoms with Gasteiger partial charge in [-0.3, -0.25) is 14.4 Å². The summed E-state index contributed by atoms with van der Waals surface area (Å²) in [6, 6.07) is 14.3. The Labute approximate surface area is 180 Å². The van der Waals surface area contributed by atoms with Gasteiger partial charge in [0.15, 0.2) is 0 Å². The molecule has 3 amide bonds. The molecule has 2 aromatic rings. The van der Waals surface area contributed by atoms with Crippen LogP contribution in [0.1, 0.15) is 18.9 Å². The highest BCUT2D eigenvalue weighted by Crippen LogP contribution is 2.22. The third kappa shape index (κ3) is 7.81. The molecule has 0 fully saturated rings. The summed E-state index contributed by atoms with van der Waals surface area (Å²) in [4.78, 5) is 35.9. The van der Waals surface area contributed by atoms with Crippen LogP contribution in [0.2, 0.25) is 0 Å². The number of benzene rings is 2. The first kappa shape index (κ1) is 23.4. The summed E-state index contributed by atoms with van der Waals surface area (Å²) >= 11 is 0. The van der Waals surface area contributed by atoms with Crippen LogP contribution >= 0.6 is 0 Å². The highest BCUT2D eigenvalue weighted by molar-refractivity contribution is 6.39. The molecule has 0 atom stereocenters. The Morgan fingerprint density at radius 2 is 1.65 bits per heavy atom. The highest BCUT2D eigenvalue weighted by Gasteiger charge is 2.15. The van der Waals surface area contributed by atoms with Crippen LogP contribution in [0.15, 0.2) is 53.6 Å². The first-order chi connectivity index (χ1) is 14.9. The first-order valence-corrected chi connectivity index (χ1v) is 9.60. The van der Waals surface area contributed by atoms with E-state index in [9.17, 15) is 14.4 Å². The molecule has 0 bridgehead atoms. The number of carbonyl (C=O) groups is 3. The number of methoxy groups -OCH3 is 2. The molecule has 0 saturated carbocycles. The molecule has 0 unspecified atom stereocenters. The van der Waals surface area contributed by atoms with Crippen molar-refractivity contribution in [2.24, 2.45) is 5.10 Å². The standard InChI is InChI=1S/C22H26N4O5/c1-15(14-20(27)23-13-12-16-8-10-17(30-2)11-9-16)25-26-22(29)21(28)24-18-6-4-5-7-19(18)31-3/h4-11H,12-14H2,1-3H3,(H,23,27)(H,24,28)(H,26,29). The summed E-state index contributed by atoms with van der Waals surface area (Å²) in [6.45, 7) is 2.05. The SMILES string of the molecule is COc1ccc(CCNC(=O)CC(C)=NNC(=O)C(=O)Nc2ccccc2OC)cc1. The van der Waals surface area contributed by atoms with Crippen LogP contribution in [0.5, 0.6) is 11.5 Å². The number of anilines is 1. The van der Waals surface area contributed by atoms with E-state index in [-0.39, 0.29) is 12.3 Å². The number of rotatable bonds is 9. The Hall–Kier alpha value is -3.88. The van der Waals surface area contributed by atoms with Gasteiger partial charge in [0.25, 0.3) is 0 Å². The van der Waals surface area contributed by atoms with Gasteiger partial charge >= 0.3 is 11.8 Å². The van der Waals surface area contributed by atoms with Crippen LogP contribution in [0.3, 0.4) is 0 Å². The second-order valence-electron chi connectivity index (χ2n) is 6.57. The largest absolute Gasteiger partial charge is 0.497 e. The molecule has 0 saturated heterocycles. The monoisotopic (exact) mass is 426 g/mol. The zero-order valence-corrected chi connectivity index (χ0v) is 17.7. The molecule has 164 valence electrons. The number of amides is 3. The van der Waals surface area contributed by atoms with Gasteiger partial charge in [-0.05, 0) is 43.2 Å². The maximum Gasteiger partial charge on any atom is 0.329 e. The summed E-state index contributed by atoms with van der Waals surface area (Å²) in [5.41, 5.74) is 3.94. The van der Waals surface area contributed by atoms with Gasteiger partial charge in [0, 0.05) is 12.3 Å². The van der Waals surface area contributed by atoms with E-state index in [0.29, 0.717) is 30.1 Å². The second-order valence-corrected chi connectivity index (χ2v) is 6.57. The Bertz CT molecular complexity index is 941. The summed E-state index contributed by atoms with van der Waals surface area (Å²) in [7, 11) is 3.06. The van der Waals surface area contributed by atoms with E-state index in [1.54, 1.807) is 38.3 Å². The molecule has 0 radical (unpaired) electrons. The van der Waals surface area contributed by atoms with Gasteiger partial charge < -0.3 is 20.1 Å². The molecule has 3 N–H and O–H groups in total. The van der Waals surface area contributed by atoms with Gasteiger partial charge in [-0.2, -0.15) is 5.10 Å². The number of para-hydroxylation sites is 2. The Morgan fingerprint density at radius 1 is 0.935 bits per heavy atom. The molecule has 9 nitrogen and oxygen atoms in total. The third-order valence-corrected chi connectivity index (χ3v) is 4.22. The molecule has 31 heavy (non-hydrogen) atoms. The minimum absolute atomic E-state index is 0.00296. The second kappa shape index (κ2) is 12.0. The Balaban J connectivity index is 1.74. The topological polar surface area (TPSA) is 118 Å². The van der Waals surface area contributed by atoms with Gasteiger partial charge in [0.2, 0.25) is 5.91 Å². The number of hydrazone groups is 1. The molecule has 0 aromatic heterocycles. The van der Waals surface area contributed by atoms with Gasteiger partial charge in [0.1, 0.15) is 11.5 Å². The fourth-order valence-corrected chi connectivity index (χ4v) is 2.60. The van der Waals surface area contributed by atoms with Crippen molar-refractivity contribution >= 4 is 29.1 Å². The molecular weight excluding hydrogens is 400 g/mol. The smallest absolute Gasteiger partial charge is 0.329 e. The summed E-state index contributed by atoms with van der Waals surface area (Å²) in [5, 5.41) is 9.04. The predicted molar refractivity (Wildman–Crippen MR) is 117 cm³/mol. The Kier molecular flexibility index (Phi) is 9.03. The average Bonchev–Trinajstić information content (AvgIpc) is 2.78. The van der Waals surface area contributed by atoms with Crippen LogP contribution in [0, 0.1) is 0 Å². The number of nitrogens with one attached hydrogen (secondary N) is 3. The quantitative estimate of drug-likeness (QED) is 0.321. The lowest BCUT2D eigenvalue weighted by Crippen LogP contribution is -2.33. The predicted octanol–water partition coefficient (Wildman–Crippen LogP) is 1.88. The number of carbonyl (C=O) groups excluding carboxylic acids is 3. The van der Waals surface area contributed by atoms with Gasteiger partial charge in [-0.15, -0.1) is 0 Å². The lowest BCUT2D eigenvalue weighted by atomic mass is 10.1. The van der Waals surface area contributed by atoms with E-state index in [0.717, 1.165) is 11.3 Å². The van der Waals surface area contributed by atoms with E-state index >= 15 is 0 Å². The van der Waals surface area contributed by atoms with E-state index in [4.69, 9.17) is 9.47 Å². The molecule has 2 aromatic carbocycles. The van der Waals surface area contributed by atoms with E-state index in [1.807, 2.05) is 24.3 Å². The number of ether oxygens (including phenoxy) is 2. The van der Waals surface area contributed by atoms with Gasteiger partial charge in [-0.25, -0.2) is 5.43 Å². The summed E-state index contributed by atoms with van der Waals surface area (Å²) in [6.07, 6.45) is 0.669. The first-order valence-electron chi connectivity index (χ1n) is 9.60. The molecule has 0 aliphatic heterocycles. The maximum atomic E-state index is 12.0. The van der Waals surface area contributed by atoms with Crippen molar-refractivity contribution in [3.05, 3.63) is 54.1 Å². The summed E-state index contributed by atoms with van der Waals surface area (Å²) < 4.78 is 10.2. The van der Waals surface area contributed by atoms with Crippen molar-refractivity contribution in [3.63, 3.8) is 0 Å². The van der Waals surface area contributed by atoms with Crippen molar-refractivity contribution in [2.75, 3.05) is 26.1 Å². The zero-order chi connectivity index (χ0) is 22.6. The fraction of sp³-hybridized carbons (Fsp3) is 0.273. The average molecular weight is 426 g/mol. The van der Waals surface area contributed by atoms with Gasteiger partial charge in [0.05, 0.1) is 26.3 Å². The third-order valence-electron chi connectivity index (χ3n) is 4.22. The number of hydrogen-bond donors (Lipinski definition) is 3. The van der Waals surface area contributed by atoms with Crippen molar-refractivity contribution in [1.29, 1.82) is 0 Å². The maximum absolute atomic E-state index is 12.0. The molecule has 0 aliphatic carbocycles. The van der Waals surface area contributed by atoms with Crippen LogP contribution in [-0.2, 0) is 20.8 Å². The van der Waals surface area contributed by atoms with E-state index in [1.165, 1.54) is 7.11 Å². The lowest BCUT2D eigenvalue weighted by molar-refractivity contribution is -0.136. The Morgan fingerprint density at radius 3 is 2.32 bits per heavy atom. The number of nitrogens with zero attached hydrogens (tertiary/aromatic N) is 1. The van der Waals surface area contributed by atoms with Crippen molar-refractivity contribution in [2.45, 2.75) is 19.8 Å². The van der Waals surface area contributed by atoms with Gasteiger partial charge in [-0.1, -0.05) is 24.3 Å². The van der Waals surface area contributed by atoms with Crippen LogP contribution in [-0.4, -0.2) is 44.2 Å². The highest BCUT2D eigenvalue weighted by atomic mass is 16.5. The van der Waals surface area contributed by atoms with Crippen molar-refractivity contribution in [1.82, 2.24) is 10.7 Å². The minimum Gasteiger partial charge on any atom is -0.497 e. The fourth-order valence-electron chi connectivity index (χ4n) is 2.60. The molecule has 0 spiro atoms. The van der Waals surface area contributed by atoms with E-state index < -0.39 is 11.8 Å². The van der Waals surface area contributed by atoms with Crippen molar-refractivity contribution in [3.8, 4) is 11.5 Å². The molecular formula is C22H26N4O5. The number of hydrogen-bond acceptors (Lipinski definition) is 6. The van der Waals surface area contributed by atoms with Crippen LogP contribution < -0.4 is 25.5 Å². The normalized spacial score (nSPS) is 10.7. The minimum atomic E-state index is -0.954. The zero-order valence-electron chi connectivity index (χ0n) is 17.7. The molecule has 0 heterocycles. The van der Waals surface area contributed by atoms with Crippen LogP contribution in [0.4, 0.5) is 5.69 Å².